The van der Waals surface area contributed by atoms with E-state index in [1.54, 1.807) is 0 Å². The van der Waals surface area contributed by atoms with Gasteiger partial charge in [0.15, 0.2) is 0 Å². The smallest absolute Gasteiger partial charge is 0.270 e. The van der Waals surface area contributed by atoms with Gasteiger partial charge in [-0.1, -0.05) is 41.9 Å². The standard InChI is InChI=1S/C18H28N5P/c1-6-13-22-15(3)16(4)23(14-7-2)24(22)20-18(19-21(24)5)17-11-9-8-10-12-17/h8-12H,6-7,13-14H2,1-5H3/p+2. The van der Waals surface area contributed by atoms with E-state index in [1.807, 2.05) is 0 Å². The number of rotatable bonds is 5. The predicted octanol–water partition coefficient (Wildman–Crippen LogP) is 1.09. The minimum absolute atomic E-state index is 1.07. The highest BCUT2D eigenvalue weighted by Gasteiger charge is 2.57. The lowest BCUT2D eigenvalue weighted by Crippen LogP contribution is -2.87. The molecule has 0 bridgehead atoms. The maximum Gasteiger partial charge on any atom is 0.470 e. The van der Waals surface area contributed by atoms with Crippen molar-refractivity contribution in [2.24, 2.45) is 0 Å². The van der Waals surface area contributed by atoms with Crippen LogP contribution in [0.4, 0.5) is 0 Å². The Morgan fingerprint density at radius 1 is 0.917 bits per heavy atom. The number of benzene rings is 1. The highest BCUT2D eigenvalue weighted by molar-refractivity contribution is 7.56. The third-order valence-corrected chi connectivity index (χ3v) is 8.67. The number of amidine groups is 1. The second-order valence-corrected chi connectivity index (χ2v) is 9.40. The van der Waals surface area contributed by atoms with Crippen molar-refractivity contribution in [3.8, 4) is 0 Å². The molecule has 1 aromatic carbocycles. The number of hydrazine groups is 1. The third-order valence-electron chi connectivity index (χ3n) is 4.86. The zero-order valence-corrected chi connectivity index (χ0v) is 16.4. The first-order chi connectivity index (χ1) is 11.6. The number of hydrogen-bond acceptors (Lipinski definition) is 3. The SMILES string of the molecule is CCCN1C(C)=C(C)N(CCC)P12=[NH+]C(c1ccccc1)=[NH+]N2C. The van der Waals surface area contributed by atoms with Crippen LogP contribution in [-0.4, -0.2) is 40.1 Å². The van der Waals surface area contributed by atoms with E-state index in [2.05, 4.69) is 89.0 Å². The van der Waals surface area contributed by atoms with E-state index in [0.29, 0.717) is 0 Å². The van der Waals surface area contributed by atoms with Crippen molar-refractivity contribution in [3.63, 3.8) is 0 Å². The largest absolute Gasteiger partial charge is 0.470 e. The zero-order chi connectivity index (χ0) is 17.3. The molecular weight excluding hydrogens is 317 g/mol. The molecule has 24 heavy (non-hydrogen) atoms. The van der Waals surface area contributed by atoms with Gasteiger partial charge in [0.2, 0.25) is 0 Å². The first kappa shape index (κ1) is 17.1. The van der Waals surface area contributed by atoms with Crippen molar-refractivity contribution in [2.75, 3.05) is 20.1 Å². The van der Waals surface area contributed by atoms with Crippen LogP contribution < -0.4 is 9.85 Å². The molecule has 3 rings (SSSR count). The molecule has 5 nitrogen and oxygen atoms in total. The summed E-state index contributed by atoms with van der Waals surface area (Å²) in [6, 6.07) is 10.6. The maximum atomic E-state index is 3.92. The Hall–Kier alpha value is -1.74. The average Bonchev–Trinajstić information content (AvgIpc) is 3.03. The molecule has 2 heterocycles. The second-order valence-electron chi connectivity index (χ2n) is 6.47. The summed E-state index contributed by atoms with van der Waals surface area (Å²) in [5.41, 5.74) is 4.00. The lowest BCUT2D eigenvalue weighted by atomic mass is 10.2. The Morgan fingerprint density at radius 2 is 1.46 bits per heavy atom. The van der Waals surface area contributed by atoms with Crippen molar-refractivity contribution < 1.29 is 9.85 Å². The Morgan fingerprint density at radius 3 is 1.96 bits per heavy atom. The van der Waals surface area contributed by atoms with Crippen LogP contribution in [-0.2, 0) is 0 Å². The van der Waals surface area contributed by atoms with Gasteiger partial charge in [0, 0.05) is 24.5 Å². The summed E-state index contributed by atoms with van der Waals surface area (Å²) in [7, 11) is 0.327. The summed E-state index contributed by atoms with van der Waals surface area (Å²) in [4.78, 5) is 0. The van der Waals surface area contributed by atoms with Crippen LogP contribution in [0.1, 0.15) is 46.1 Å². The summed E-state index contributed by atoms with van der Waals surface area (Å²) in [6.45, 7) is 11.2. The highest BCUT2D eigenvalue weighted by Crippen LogP contribution is 2.60. The number of nitrogens with one attached hydrogen (secondary N) is 2. The molecule has 2 aliphatic heterocycles. The molecular formula is C18H30N5P+2. The molecule has 130 valence electrons. The molecule has 0 aromatic heterocycles. The van der Waals surface area contributed by atoms with Crippen LogP contribution in [0.5, 0.6) is 0 Å². The van der Waals surface area contributed by atoms with Gasteiger partial charge >= 0.3 is 13.3 Å². The van der Waals surface area contributed by atoms with Gasteiger partial charge in [0.25, 0.3) is 0 Å². The zero-order valence-electron chi connectivity index (χ0n) is 15.5. The van der Waals surface area contributed by atoms with E-state index in [1.165, 1.54) is 17.0 Å². The van der Waals surface area contributed by atoms with Gasteiger partial charge in [0.05, 0.1) is 7.05 Å². The summed E-state index contributed by atoms with van der Waals surface area (Å²) in [6.07, 6.45) is 2.28. The molecule has 2 aliphatic rings. The molecule has 0 unspecified atom stereocenters. The fraction of sp³-hybridized carbons (Fsp3) is 0.500. The third kappa shape index (κ3) is 2.46. The lowest BCUT2D eigenvalue weighted by molar-refractivity contribution is -0.611. The van der Waals surface area contributed by atoms with Crippen LogP contribution in [0.3, 0.4) is 0 Å². The molecule has 0 saturated carbocycles. The van der Waals surface area contributed by atoms with E-state index in [-0.39, 0.29) is 0 Å². The van der Waals surface area contributed by atoms with Crippen molar-refractivity contribution in [1.29, 1.82) is 0 Å². The van der Waals surface area contributed by atoms with Crippen molar-refractivity contribution in [2.45, 2.75) is 40.5 Å². The first-order valence-corrected chi connectivity index (χ1v) is 10.5. The van der Waals surface area contributed by atoms with Crippen LogP contribution >= 0.6 is 7.51 Å². The quantitative estimate of drug-likeness (QED) is 0.783. The molecule has 0 amide bonds. The number of allylic oxidation sites excluding steroid dienone is 2. The number of nitrogens with zero attached hydrogens (tertiary/aromatic N) is 3. The molecule has 1 aromatic rings. The Labute approximate surface area is 145 Å². The van der Waals surface area contributed by atoms with Gasteiger partial charge in [-0.25, -0.2) is 0 Å². The van der Waals surface area contributed by atoms with E-state index in [4.69, 9.17) is 0 Å². The Kier molecular flexibility index (Phi) is 4.73. The molecule has 0 saturated heterocycles. The van der Waals surface area contributed by atoms with E-state index < -0.39 is 7.51 Å². The van der Waals surface area contributed by atoms with Gasteiger partial charge in [-0.05, 0) is 38.8 Å². The Bertz CT molecular complexity index is 696. The van der Waals surface area contributed by atoms with Crippen LogP contribution in [0.25, 0.3) is 0 Å². The maximum absolute atomic E-state index is 3.92. The van der Waals surface area contributed by atoms with Crippen LogP contribution in [0, 0.1) is 0 Å². The minimum Gasteiger partial charge on any atom is -0.270 e. The van der Waals surface area contributed by atoms with E-state index in [9.17, 15) is 0 Å². The Balaban J connectivity index is 2.12. The van der Waals surface area contributed by atoms with Gasteiger partial charge in [0.1, 0.15) is 5.56 Å². The van der Waals surface area contributed by atoms with E-state index >= 15 is 0 Å². The molecule has 0 fully saturated rings. The average molecular weight is 347 g/mol. The lowest BCUT2D eigenvalue weighted by Gasteiger charge is -2.31. The predicted molar refractivity (Wildman–Crippen MR) is 99.5 cm³/mol. The van der Waals surface area contributed by atoms with Gasteiger partial charge in [-0.15, -0.1) is 4.74 Å². The molecule has 0 atom stereocenters. The van der Waals surface area contributed by atoms with Crippen molar-refractivity contribution in [1.82, 2.24) is 14.1 Å². The molecule has 1 spiro atoms. The van der Waals surface area contributed by atoms with Crippen LogP contribution in [0.2, 0.25) is 0 Å². The van der Waals surface area contributed by atoms with E-state index in [0.717, 1.165) is 31.8 Å². The molecule has 0 aliphatic carbocycles. The van der Waals surface area contributed by atoms with Crippen molar-refractivity contribution >= 4 is 13.3 Å². The van der Waals surface area contributed by atoms with Crippen molar-refractivity contribution in [3.05, 3.63) is 47.3 Å². The summed E-state index contributed by atoms with van der Waals surface area (Å²) in [5.74, 6) is 1.11. The second kappa shape index (κ2) is 6.64. The molecule has 2 N–H and O–H groups in total. The summed E-state index contributed by atoms with van der Waals surface area (Å²) < 4.78 is 11.4. The topological polar surface area (TPSA) is 37.7 Å². The van der Waals surface area contributed by atoms with Gasteiger partial charge in [-0.3, -0.25) is 9.34 Å². The van der Waals surface area contributed by atoms with Crippen LogP contribution in [0.15, 0.2) is 41.7 Å². The summed E-state index contributed by atoms with van der Waals surface area (Å²) in [5, 5.41) is 3.60. The van der Waals surface area contributed by atoms with Gasteiger partial charge in [-0.2, -0.15) is 0 Å². The highest BCUT2D eigenvalue weighted by atomic mass is 31.2. The first-order valence-electron chi connectivity index (χ1n) is 8.90. The fourth-order valence-electron chi connectivity index (χ4n) is 3.62. The summed E-state index contributed by atoms with van der Waals surface area (Å²) >= 11 is 0. The number of hydrazone groups is 1. The fourth-order valence-corrected chi connectivity index (χ4v) is 7.72. The molecule has 0 radical (unpaired) electrons. The normalized spacial score (nSPS) is 19.4. The minimum atomic E-state index is -1.85. The number of hydrogen-bond donors (Lipinski definition) is 2. The monoisotopic (exact) mass is 347 g/mol. The molecule has 6 heteroatoms. The van der Waals surface area contributed by atoms with Gasteiger partial charge < -0.3 is 0 Å².